The number of aliphatic imine (C=N–C) groups is 1. The van der Waals surface area contributed by atoms with E-state index in [0.29, 0.717) is 32.1 Å². The number of nitrogens with zero attached hydrogens (tertiary/aromatic N) is 2. The van der Waals surface area contributed by atoms with E-state index >= 15 is 0 Å². The Morgan fingerprint density at radius 1 is 0.979 bits per heavy atom. The van der Waals surface area contributed by atoms with Gasteiger partial charge in [0.2, 0.25) is 0 Å². The van der Waals surface area contributed by atoms with Crippen molar-refractivity contribution in [2.45, 2.75) is 88.6 Å². The lowest BCUT2D eigenvalue weighted by Crippen LogP contribution is -2.63. The zero-order valence-electron chi connectivity index (χ0n) is 29.0. The number of methoxy groups -OCH3 is 1. The molecule has 4 heterocycles. The first-order valence-electron chi connectivity index (χ1n) is 17.7. The lowest BCUT2D eigenvalue weighted by atomic mass is 9.67. The van der Waals surface area contributed by atoms with Crippen LogP contribution in [-0.4, -0.2) is 67.5 Å². The number of fused-ring (bicyclic) bond motifs is 3. The van der Waals surface area contributed by atoms with Gasteiger partial charge in [0.1, 0.15) is 17.4 Å². The van der Waals surface area contributed by atoms with Crippen LogP contribution in [0.4, 0.5) is 5.69 Å². The fraction of sp³-hybridized carbons (Fsp3) is 0.500. The number of carbonyl (C=O) groups is 1. The Morgan fingerprint density at radius 3 is 2.40 bits per heavy atom. The molecule has 2 bridgehead atoms. The smallest absolute Gasteiger partial charge is 0.314 e. The summed E-state index contributed by atoms with van der Waals surface area (Å²) in [7, 11) is 1.48. The van der Waals surface area contributed by atoms with Crippen LogP contribution in [0.3, 0.4) is 0 Å². The van der Waals surface area contributed by atoms with E-state index in [1.807, 2.05) is 36.4 Å². The van der Waals surface area contributed by atoms with Crippen molar-refractivity contribution >= 4 is 17.4 Å². The standard InChI is InChI=1S/C40H49N3O5/c1-6-7-8-12-15-33-39-34(31-26-30(20-21-32(31)41-33)47-29-18-16-28(17-19-29)38(2,3)4)35(37(44)45-5)40(48-39,43-22-24-46-25-23-43)36(42-39)27-13-10-9-11-14-27/h9-11,13-14,16-21,26,33-35,41H,6-8,12,15,22-25H2,1-5H3/t33-,34+,35-,39+,40-/m0/s1. The van der Waals surface area contributed by atoms with Crippen molar-refractivity contribution in [3.05, 3.63) is 89.5 Å². The maximum absolute atomic E-state index is 14.3. The van der Waals surface area contributed by atoms with E-state index in [-0.39, 0.29) is 23.3 Å². The summed E-state index contributed by atoms with van der Waals surface area (Å²) >= 11 is 0. The molecule has 0 radical (unpaired) electrons. The molecule has 2 saturated heterocycles. The molecule has 7 rings (SSSR count). The third-order valence-electron chi connectivity index (χ3n) is 10.6. The van der Waals surface area contributed by atoms with Gasteiger partial charge in [-0.3, -0.25) is 9.69 Å². The highest BCUT2D eigenvalue weighted by molar-refractivity contribution is 6.11. The Kier molecular flexibility index (Phi) is 8.85. The van der Waals surface area contributed by atoms with E-state index < -0.39 is 17.4 Å². The number of hydrogen-bond acceptors (Lipinski definition) is 8. The van der Waals surface area contributed by atoms with Crippen molar-refractivity contribution in [1.29, 1.82) is 0 Å². The number of esters is 1. The van der Waals surface area contributed by atoms with E-state index in [2.05, 4.69) is 74.3 Å². The average molecular weight is 652 g/mol. The normalized spacial score (nSPS) is 27.9. The number of morpholine rings is 1. The van der Waals surface area contributed by atoms with Crippen molar-refractivity contribution in [2.24, 2.45) is 10.9 Å². The second-order valence-corrected chi connectivity index (χ2v) is 14.6. The van der Waals surface area contributed by atoms with E-state index in [4.69, 9.17) is 23.9 Å². The van der Waals surface area contributed by atoms with Gasteiger partial charge in [-0.05, 0) is 53.3 Å². The molecule has 0 aliphatic carbocycles. The number of ether oxygens (including phenoxy) is 4. The highest BCUT2D eigenvalue weighted by Gasteiger charge is 2.77. The quantitative estimate of drug-likeness (QED) is 0.178. The predicted molar refractivity (Wildman–Crippen MR) is 188 cm³/mol. The highest BCUT2D eigenvalue weighted by atomic mass is 16.6. The summed E-state index contributed by atoms with van der Waals surface area (Å²) in [5.74, 6) is 0.124. The number of unbranched alkanes of at least 4 members (excludes halogenated alkanes) is 3. The first-order chi connectivity index (χ1) is 23.2. The summed E-state index contributed by atoms with van der Waals surface area (Å²) in [4.78, 5) is 22.2. The summed E-state index contributed by atoms with van der Waals surface area (Å²) < 4.78 is 25.4. The lowest BCUT2D eigenvalue weighted by molar-refractivity contribution is -0.174. The molecule has 254 valence electrons. The number of benzene rings is 3. The molecule has 0 saturated carbocycles. The summed E-state index contributed by atoms with van der Waals surface area (Å²) in [5.41, 5.74) is 2.87. The minimum atomic E-state index is -1.12. The fourth-order valence-corrected chi connectivity index (χ4v) is 8.25. The molecule has 1 spiro atoms. The average Bonchev–Trinajstić information content (AvgIpc) is 3.62. The number of rotatable bonds is 10. The van der Waals surface area contributed by atoms with Gasteiger partial charge < -0.3 is 24.3 Å². The summed E-state index contributed by atoms with van der Waals surface area (Å²) in [6, 6.07) is 24.5. The van der Waals surface area contributed by atoms with E-state index in [1.54, 1.807) is 0 Å². The van der Waals surface area contributed by atoms with Crippen LogP contribution in [0.1, 0.15) is 82.4 Å². The van der Waals surface area contributed by atoms with Gasteiger partial charge in [0.05, 0.1) is 38.0 Å². The van der Waals surface area contributed by atoms with Gasteiger partial charge in [-0.2, -0.15) is 0 Å². The monoisotopic (exact) mass is 651 g/mol. The molecule has 3 aromatic carbocycles. The predicted octanol–water partition coefficient (Wildman–Crippen LogP) is 7.67. The van der Waals surface area contributed by atoms with Crippen LogP contribution in [0.15, 0.2) is 77.8 Å². The summed E-state index contributed by atoms with van der Waals surface area (Å²) in [6.45, 7) is 11.2. The van der Waals surface area contributed by atoms with Crippen molar-refractivity contribution in [3.63, 3.8) is 0 Å². The number of anilines is 1. The second kappa shape index (κ2) is 13.0. The summed E-state index contributed by atoms with van der Waals surface area (Å²) in [5, 5.41) is 3.87. The van der Waals surface area contributed by atoms with Crippen LogP contribution >= 0.6 is 0 Å². The molecule has 5 atom stereocenters. The molecule has 2 fully saturated rings. The molecular formula is C40H49N3O5. The number of carbonyl (C=O) groups excluding carboxylic acids is 1. The Hall–Kier alpha value is -3.72. The van der Waals surface area contributed by atoms with Crippen LogP contribution in [-0.2, 0) is 24.4 Å². The lowest BCUT2D eigenvalue weighted by Gasteiger charge is -2.46. The van der Waals surface area contributed by atoms with Crippen molar-refractivity contribution in [3.8, 4) is 11.5 Å². The zero-order valence-corrected chi connectivity index (χ0v) is 29.0. The molecule has 0 amide bonds. The Labute approximate surface area is 284 Å². The Morgan fingerprint density at radius 2 is 1.71 bits per heavy atom. The molecule has 8 nitrogen and oxygen atoms in total. The van der Waals surface area contributed by atoms with Gasteiger partial charge >= 0.3 is 5.97 Å². The van der Waals surface area contributed by atoms with Gasteiger partial charge in [-0.15, -0.1) is 0 Å². The molecular weight excluding hydrogens is 602 g/mol. The fourth-order valence-electron chi connectivity index (χ4n) is 8.25. The minimum Gasteiger partial charge on any atom is -0.469 e. The van der Waals surface area contributed by atoms with Crippen LogP contribution < -0.4 is 10.1 Å². The van der Waals surface area contributed by atoms with Crippen molar-refractivity contribution in [2.75, 3.05) is 38.7 Å². The molecule has 0 aromatic heterocycles. The van der Waals surface area contributed by atoms with E-state index in [0.717, 1.165) is 54.0 Å². The van der Waals surface area contributed by atoms with E-state index in [1.165, 1.54) is 19.1 Å². The third-order valence-corrected chi connectivity index (χ3v) is 10.6. The minimum absolute atomic E-state index is 0.0532. The molecule has 3 aromatic rings. The number of nitrogens with one attached hydrogen (secondary N) is 1. The van der Waals surface area contributed by atoms with Crippen LogP contribution in [0.2, 0.25) is 0 Å². The Balaban J connectivity index is 1.37. The van der Waals surface area contributed by atoms with Crippen molar-refractivity contribution in [1.82, 2.24) is 4.90 Å². The highest BCUT2D eigenvalue weighted by Crippen LogP contribution is 2.65. The molecule has 4 aliphatic heterocycles. The van der Waals surface area contributed by atoms with Gasteiger partial charge in [-0.1, -0.05) is 95.8 Å². The maximum atomic E-state index is 14.3. The maximum Gasteiger partial charge on any atom is 0.314 e. The Bertz CT molecular complexity index is 1650. The van der Waals surface area contributed by atoms with Gasteiger partial charge in [0.15, 0.2) is 11.4 Å². The molecule has 0 unspecified atom stereocenters. The van der Waals surface area contributed by atoms with Crippen molar-refractivity contribution < 1.29 is 23.7 Å². The zero-order chi connectivity index (χ0) is 33.5. The second-order valence-electron chi connectivity index (χ2n) is 14.6. The molecule has 8 heteroatoms. The first-order valence-corrected chi connectivity index (χ1v) is 17.7. The summed E-state index contributed by atoms with van der Waals surface area (Å²) in [6.07, 6.45) is 5.38. The molecule has 1 N–H and O–H groups in total. The molecule has 4 aliphatic rings. The number of hydrogen-bond donors (Lipinski definition) is 1. The molecule has 48 heavy (non-hydrogen) atoms. The van der Waals surface area contributed by atoms with Crippen LogP contribution in [0.25, 0.3) is 0 Å². The van der Waals surface area contributed by atoms with Crippen LogP contribution in [0.5, 0.6) is 11.5 Å². The first kappa shape index (κ1) is 32.8. The topological polar surface area (TPSA) is 81.6 Å². The van der Waals surface area contributed by atoms with Crippen LogP contribution in [0, 0.1) is 5.92 Å². The van der Waals surface area contributed by atoms with Gasteiger partial charge in [0.25, 0.3) is 0 Å². The third kappa shape index (κ3) is 5.52. The SMILES string of the molecule is CCCCCC[C@@H]1Nc2ccc(Oc3ccc(C(C)(C)C)cc3)cc2[C@@H]2[C@@H](C(=O)OC)[C@]3(N4CCOCC4)O[C@]12N=C3c1ccccc1. The largest absolute Gasteiger partial charge is 0.469 e. The van der Waals surface area contributed by atoms with Gasteiger partial charge in [-0.25, -0.2) is 4.99 Å². The van der Waals surface area contributed by atoms with E-state index in [9.17, 15) is 4.79 Å². The van der Waals surface area contributed by atoms with Gasteiger partial charge in [0, 0.05) is 24.3 Å².